The number of nitrogens with zero attached hydrogens (tertiary/aromatic N) is 2. The van der Waals surface area contributed by atoms with E-state index < -0.39 is 5.41 Å². The molecule has 3 aromatic rings. The van der Waals surface area contributed by atoms with Gasteiger partial charge in [-0.15, -0.1) is 0 Å². The minimum Gasteiger partial charge on any atom is -0.491 e. The van der Waals surface area contributed by atoms with Gasteiger partial charge in [0.2, 0.25) is 5.91 Å². The molecule has 0 saturated heterocycles. The van der Waals surface area contributed by atoms with Gasteiger partial charge < -0.3 is 19.1 Å². The maximum absolute atomic E-state index is 13.9. The van der Waals surface area contributed by atoms with Crippen molar-refractivity contribution in [2.45, 2.75) is 12.0 Å². The molecular formula is C23H18N2O4. The molecule has 0 bridgehead atoms. The lowest BCUT2D eigenvalue weighted by molar-refractivity contribution is -0.122. The number of carbonyl (C=O) groups is 1. The van der Waals surface area contributed by atoms with Gasteiger partial charge in [-0.2, -0.15) is 0 Å². The summed E-state index contributed by atoms with van der Waals surface area (Å²) < 4.78 is 17.5. The molecule has 3 aliphatic rings. The van der Waals surface area contributed by atoms with Crippen molar-refractivity contribution < 1.29 is 19.0 Å². The highest BCUT2D eigenvalue weighted by Gasteiger charge is 2.57. The van der Waals surface area contributed by atoms with E-state index in [9.17, 15) is 4.79 Å². The Morgan fingerprint density at radius 3 is 2.52 bits per heavy atom. The Morgan fingerprint density at radius 2 is 1.69 bits per heavy atom. The summed E-state index contributed by atoms with van der Waals surface area (Å²) in [5.41, 5.74) is 2.65. The van der Waals surface area contributed by atoms with Gasteiger partial charge in [0.1, 0.15) is 31.0 Å². The predicted molar refractivity (Wildman–Crippen MR) is 106 cm³/mol. The fourth-order valence-electron chi connectivity index (χ4n) is 4.52. The van der Waals surface area contributed by atoms with Crippen molar-refractivity contribution in [1.29, 1.82) is 0 Å². The second kappa shape index (κ2) is 5.98. The van der Waals surface area contributed by atoms with Crippen LogP contribution in [0.25, 0.3) is 0 Å². The molecule has 1 spiro atoms. The minimum absolute atomic E-state index is 0.000203. The monoisotopic (exact) mass is 386 g/mol. The van der Waals surface area contributed by atoms with Crippen LogP contribution in [0.2, 0.25) is 0 Å². The van der Waals surface area contributed by atoms with E-state index in [1.165, 1.54) is 0 Å². The first-order chi connectivity index (χ1) is 14.3. The summed E-state index contributed by atoms with van der Waals surface area (Å²) >= 11 is 0. The zero-order valence-corrected chi connectivity index (χ0v) is 15.6. The molecule has 6 heteroatoms. The summed E-state index contributed by atoms with van der Waals surface area (Å²) in [4.78, 5) is 20.1. The number of aromatic nitrogens is 1. The first kappa shape index (κ1) is 16.4. The maximum atomic E-state index is 13.9. The van der Waals surface area contributed by atoms with E-state index >= 15 is 0 Å². The molecule has 1 amide bonds. The number of ether oxygens (including phenoxy) is 3. The summed E-state index contributed by atoms with van der Waals surface area (Å²) in [5.74, 6) is 2.00. The van der Waals surface area contributed by atoms with Gasteiger partial charge in [0.15, 0.2) is 11.5 Å². The second-order valence-electron chi connectivity index (χ2n) is 7.42. The summed E-state index contributed by atoms with van der Waals surface area (Å²) in [7, 11) is 0. The van der Waals surface area contributed by atoms with Crippen molar-refractivity contribution >= 4 is 11.6 Å². The lowest BCUT2D eigenvalue weighted by Gasteiger charge is -2.24. The van der Waals surface area contributed by atoms with Crippen LogP contribution in [0.4, 0.5) is 5.69 Å². The predicted octanol–water partition coefficient (Wildman–Crippen LogP) is 3.08. The van der Waals surface area contributed by atoms with Crippen molar-refractivity contribution in [3.63, 3.8) is 0 Å². The lowest BCUT2D eigenvalue weighted by Crippen LogP contribution is -2.42. The highest BCUT2D eigenvalue weighted by molar-refractivity contribution is 6.11. The highest BCUT2D eigenvalue weighted by atomic mass is 16.6. The number of rotatable bonds is 2. The number of pyridine rings is 1. The van der Waals surface area contributed by atoms with Crippen LogP contribution in [0.15, 0.2) is 60.8 Å². The van der Waals surface area contributed by atoms with Crippen LogP contribution in [-0.4, -0.2) is 30.7 Å². The van der Waals surface area contributed by atoms with Gasteiger partial charge >= 0.3 is 0 Å². The third-order valence-electron chi connectivity index (χ3n) is 5.86. The van der Waals surface area contributed by atoms with Crippen LogP contribution >= 0.6 is 0 Å². The van der Waals surface area contributed by atoms with Crippen LogP contribution in [-0.2, 0) is 16.8 Å². The SMILES string of the molecule is O=C1N(Cc2ccccn2)c2ccccc2C12COc1cc3c(cc12)OCCO3. The largest absolute Gasteiger partial charge is 0.491 e. The van der Waals surface area contributed by atoms with E-state index in [0.717, 1.165) is 22.5 Å². The van der Waals surface area contributed by atoms with E-state index in [-0.39, 0.29) is 12.5 Å². The van der Waals surface area contributed by atoms with Crippen molar-refractivity contribution in [3.05, 3.63) is 77.6 Å². The van der Waals surface area contributed by atoms with Crippen molar-refractivity contribution in [2.24, 2.45) is 0 Å². The molecule has 0 radical (unpaired) electrons. The zero-order valence-electron chi connectivity index (χ0n) is 15.6. The molecule has 1 unspecified atom stereocenters. The Labute approximate surface area is 167 Å². The summed E-state index contributed by atoms with van der Waals surface area (Å²) in [6, 6.07) is 17.4. The number of amides is 1. The van der Waals surface area contributed by atoms with Gasteiger partial charge in [-0.25, -0.2) is 0 Å². The highest BCUT2D eigenvalue weighted by Crippen LogP contribution is 2.54. The van der Waals surface area contributed by atoms with Crippen LogP contribution in [0, 0.1) is 0 Å². The molecule has 144 valence electrons. The standard InChI is InChI=1S/C23H18N2O4/c26-22-23(14-29-19-12-21-20(11-17(19)23)27-9-10-28-21)16-6-1-2-7-18(16)25(22)13-15-5-3-4-8-24-15/h1-8,11-12H,9-10,13-14H2. The normalized spacial score (nSPS) is 21.1. The molecule has 1 aromatic heterocycles. The maximum Gasteiger partial charge on any atom is 0.246 e. The van der Waals surface area contributed by atoms with Gasteiger partial charge in [-0.05, 0) is 29.8 Å². The van der Waals surface area contributed by atoms with E-state index in [0.29, 0.717) is 37.0 Å². The van der Waals surface area contributed by atoms with E-state index in [4.69, 9.17) is 14.2 Å². The molecule has 0 fully saturated rings. The van der Waals surface area contributed by atoms with Gasteiger partial charge in [0, 0.05) is 23.5 Å². The Bertz CT molecular complexity index is 1130. The van der Waals surface area contributed by atoms with Crippen molar-refractivity contribution in [1.82, 2.24) is 4.98 Å². The molecule has 0 saturated carbocycles. The lowest BCUT2D eigenvalue weighted by atomic mass is 9.77. The second-order valence-corrected chi connectivity index (χ2v) is 7.42. The first-order valence-corrected chi connectivity index (χ1v) is 9.66. The number of hydrogen-bond acceptors (Lipinski definition) is 5. The smallest absolute Gasteiger partial charge is 0.246 e. The number of hydrogen-bond donors (Lipinski definition) is 0. The third-order valence-corrected chi connectivity index (χ3v) is 5.86. The van der Waals surface area contributed by atoms with E-state index in [2.05, 4.69) is 4.98 Å². The van der Waals surface area contributed by atoms with Crippen LogP contribution < -0.4 is 19.1 Å². The molecule has 4 heterocycles. The topological polar surface area (TPSA) is 60.9 Å². The quantitative estimate of drug-likeness (QED) is 0.677. The third kappa shape index (κ3) is 2.23. The van der Waals surface area contributed by atoms with Crippen molar-refractivity contribution in [2.75, 3.05) is 24.7 Å². The number of carbonyl (C=O) groups excluding carboxylic acids is 1. The summed E-state index contributed by atoms with van der Waals surface area (Å²) in [6.07, 6.45) is 1.75. The van der Waals surface area contributed by atoms with Crippen LogP contribution in [0.1, 0.15) is 16.8 Å². The summed E-state index contributed by atoms with van der Waals surface area (Å²) in [6.45, 7) is 1.69. The molecule has 2 aromatic carbocycles. The molecule has 1 atom stereocenters. The Hall–Kier alpha value is -3.54. The summed E-state index contributed by atoms with van der Waals surface area (Å²) in [5, 5.41) is 0. The molecule has 6 rings (SSSR count). The molecule has 29 heavy (non-hydrogen) atoms. The van der Waals surface area contributed by atoms with Crippen molar-refractivity contribution in [3.8, 4) is 17.2 Å². The van der Waals surface area contributed by atoms with Gasteiger partial charge in [0.25, 0.3) is 0 Å². The number of fused-ring (bicyclic) bond motifs is 5. The Kier molecular flexibility index (Phi) is 3.38. The zero-order chi connectivity index (χ0) is 19.4. The number of anilines is 1. The first-order valence-electron chi connectivity index (χ1n) is 9.66. The number of para-hydroxylation sites is 1. The molecule has 0 N–H and O–H groups in total. The average Bonchev–Trinajstić information content (AvgIpc) is 3.25. The molecule has 0 aliphatic carbocycles. The molecular weight excluding hydrogens is 368 g/mol. The Balaban J connectivity index is 1.51. The van der Waals surface area contributed by atoms with Crippen LogP contribution in [0.5, 0.6) is 17.2 Å². The van der Waals surface area contributed by atoms with Gasteiger partial charge in [-0.1, -0.05) is 24.3 Å². The van der Waals surface area contributed by atoms with Crippen LogP contribution in [0.3, 0.4) is 0 Å². The van der Waals surface area contributed by atoms with Gasteiger partial charge in [0.05, 0.1) is 12.2 Å². The number of benzene rings is 2. The molecule has 3 aliphatic heterocycles. The fourth-order valence-corrected chi connectivity index (χ4v) is 4.52. The average molecular weight is 386 g/mol. The van der Waals surface area contributed by atoms with E-state index in [1.807, 2.05) is 59.5 Å². The Morgan fingerprint density at radius 1 is 0.897 bits per heavy atom. The fraction of sp³-hybridized carbons (Fsp3) is 0.217. The van der Waals surface area contributed by atoms with E-state index in [1.54, 1.807) is 6.20 Å². The minimum atomic E-state index is -0.878. The van der Waals surface area contributed by atoms with Gasteiger partial charge in [-0.3, -0.25) is 9.78 Å². The molecule has 6 nitrogen and oxygen atoms in total.